The number of methoxy groups -OCH3 is 2. The molecular formula is C17H17BrN2O2S. The average Bonchev–Trinajstić information content (AvgIpc) is 3.04. The molecule has 120 valence electrons. The molecule has 0 spiro atoms. The number of benzene rings is 2. The maximum absolute atomic E-state index is 5.31. The first kappa shape index (κ1) is 17.3. The molecule has 0 amide bonds. The minimum Gasteiger partial charge on any atom is -0.493 e. The van der Waals surface area contributed by atoms with E-state index in [9.17, 15) is 0 Å². The van der Waals surface area contributed by atoms with Crippen LogP contribution in [0.1, 0.15) is 0 Å². The van der Waals surface area contributed by atoms with Gasteiger partial charge in [-0.1, -0.05) is 30.3 Å². The highest BCUT2D eigenvalue weighted by atomic mass is 79.9. The summed E-state index contributed by atoms with van der Waals surface area (Å²) in [5, 5.41) is 6.17. The van der Waals surface area contributed by atoms with Gasteiger partial charge in [0.05, 0.1) is 19.9 Å². The molecule has 0 radical (unpaired) electrons. The van der Waals surface area contributed by atoms with Crippen molar-refractivity contribution in [3.63, 3.8) is 0 Å². The molecule has 0 bridgehead atoms. The van der Waals surface area contributed by atoms with Crippen LogP contribution >= 0.6 is 28.3 Å². The number of rotatable bonds is 5. The van der Waals surface area contributed by atoms with E-state index >= 15 is 0 Å². The highest BCUT2D eigenvalue weighted by molar-refractivity contribution is 8.93. The zero-order valence-corrected chi connectivity index (χ0v) is 15.3. The minimum absolute atomic E-state index is 0. The lowest BCUT2D eigenvalue weighted by atomic mass is 10.2. The van der Waals surface area contributed by atoms with Crippen molar-refractivity contribution < 1.29 is 9.47 Å². The Kier molecular flexibility index (Phi) is 6.01. The van der Waals surface area contributed by atoms with Crippen LogP contribution in [-0.2, 0) is 0 Å². The third-order valence-corrected chi connectivity index (χ3v) is 3.97. The lowest BCUT2D eigenvalue weighted by Gasteiger charge is -2.09. The van der Waals surface area contributed by atoms with Gasteiger partial charge in [-0.15, -0.1) is 28.3 Å². The predicted octanol–water partition coefficient (Wildman–Crippen LogP) is 5.15. The van der Waals surface area contributed by atoms with Gasteiger partial charge in [-0.3, -0.25) is 0 Å². The lowest BCUT2D eigenvalue weighted by Crippen LogP contribution is -1.94. The predicted molar refractivity (Wildman–Crippen MR) is 101 cm³/mol. The Morgan fingerprint density at radius 2 is 1.70 bits per heavy atom. The molecule has 4 nitrogen and oxygen atoms in total. The number of aromatic nitrogens is 1. The van der Waals surface area contributed by atoms with Gasteiger partial charge < -0.3 is 14.8 Å². The van der Waals surface area contributed by atoms with E-state index in [2.05, 4.69) is 22.4 Å². The van der Waals surface area contributed by atoms with Crippen LogP contribution in [0.3, 0.4) is 0 Å². The van der Waals surface area contributed by atoms with Crippen molar-refractivity contribution in [3.8, 4) is 22.8 Å². The Morgan fingerprint density at radius 1 is 0.957 bits per heavy atom. The fraction of sp³-hybridized carbons (Fsp3) is 0.118. The van der Waals surface area contributed by atoms with Crippen LogP contribution in [0.25, 0.3) is 11.3 Å². The molecular weight excluding hydrogens is 376 g/mol. The smallest absolute Gasteiger partial charge is 0.187 e. The van der Waals surface area contributed by atoms with Gasteiger partial charge in [-0.2, -0.15) is 0 Å². The summed E-state index contributed by atoms with van der Waals surface area (Å²) in [5.41, 5.74) is 2.99. The van der Waals surface area contributed by atoms with E-state index in [1.165, 1.54) is 0 Å². The molecule has 3 aromatic rings. The van der Waals surface area contributed by atoms with Gasteiger partial charge >= 0.3 is 0 Å². The number of hydrogen-bond acceptors (Lipinski definition) is 5. The second-order valence-corrected chi connectivity index (χ2v) is 5.46. The molecule has 0 fully saturated rings. The maximum atomic E-state index is 5.31. The highest BCUT2D eigenvalue weighted by Gasteiger charge is 2.07. The van der Waals surface area contributed by atoms with Crippen molar-refractivity contribution in [1.29, 1.82) is 0 Å². The quantitative estimate of drug-likeness (QED) is 0.651. The van der Waals surface area contributed by atoms with Crippen LogP contribution in [0.2, 0.25) is 0 Å². The summed E-state index contributed by atoms with van der Waals surface area (Å²) in [4.78, 5) is 4.61. The van der Waals surface area contributed by atoms with Crippen molar-refractivity contribution in [1.82, 2.24) is 4.98 Å². The monoisotopic (exact) mass is 392 g/mol. The van der Waals surface area contributed by atoms with Crippen molar-refractivity contribution in [3.05, 3.63) is 53.9 Å². The zero-order chi connectivity index (χ0) is 15.4. The van der Waals surface area contributed by atoms with E-state index in [1.54, 1.807) is 25.6 Å². The van der Waals surface area contributed by atoms with Crippen LogP contribution in [0.4, 0.5) is 10.8 Å². The second kappa shape index (κ2) is 7.99. The van der Waals surface area contributed by atoms with E-state index < -0.39 is 0 Å². The summed E-state index contributed by atoms with van der Waals surface area (Å²) < 4.78 is 10.5. The number of ether oxygens (including phenoxy) is 2. The van der Waals surface area contributed by atoms with E-state index in [-0.39, 0.29) is 17.0 Å². The Bertz CT molecular complexity index is 762. The highest BCUT2D eigenvalue weighted by Crippen LogP contribution is 2.32. The minimum atomic E-state index is 0. The SMILES string of the molecule is Br.COc1ccc(Nc2nc(-c3ccccc3)cs2)cc1OC. The average molecular weight is 393 g/mol. The Hall–Kier alpha value is -2.05. The molecule has 0 saturated heterocycles. The Labute approximate surface area is 149 Å². The number of nitrogens with one attached hydrogen (secondary N) is 1. The van der Waals surface area contributed by atoms with Gasteiger partial charge in [-0.05, 0) is 12.1 Å². The fourth-order valence-electron chi connectivity index (χ4n) is 2.11. The molecule has 1 N–H and O–H groups in total. The van der Waals surface area contributed by atoms with Crippen molar-refractivity contribution in [2.45, 2.75) is 0 Å². The van der Waals surface area contributed by atoms with E-state index in [0.29, 0.717) is 11.5 Å². The van der Waals surface area contributed by atoms with Crippen molar-refractivity contribution in [2.75, 3.05) is 19.5 Å². The second-order valence-electron chi connectivity index (χ2n) is 4.60. The molecule has 3 rings (SSSR count). The van der Waals surface area contributed by atoms with Crippen LogP contribution in [0.15, 0.2) is 53.9 Å². The van der Waals surface area contributed by atoms with Crippen LogP contribution in [-0.4, -0.2) is 19.2 Å². The maximum Gasteiger partial charge on any atom is 0.187 e. The number of thiazole rings is 1. The summed E-state index contributed by atoms with van der Waals surface area (Å²) in [7, 11) is 3.25. The summed E-state index contributed by atoms with van der Waals surface area (Å²) in [6.07, 6.45) is 0. The molecule has 0 aliphatic heterocycles. The summed E-state index contributed by atoms with van der Waals surface area (Å²) in [6.45, 7) is 0. The van der Waals surface area contributed by atoms with Gasteiger partial charge in [-0.25, -0.2) is 4.98 Å². The third-order valence-electron chi connectivity index (χ3n) is 3.21. The topological polar surface area (TPSA) is 43.4 Å². The summed E-state index contributed by atoms with van der Waals surface area (Å²) in [5.74, 6) is 1.39. The zero-order valence-electron chi connectivity index (χ0n) is 12.8. The molecule has 0 saturated carbocycles. The summed E-state index contributed by atoms with van der Waals surface area (Å²) in [6, 6.07) is 15.8. The first-order valence-corrected chi connectivity index (χ1v) is 7.68. The molecule has 2 aromatic carbocycles. The lowest BCUT2D eigenvalue weighted by molar-refractivity contribution is 0.355. The number of halogens is 1. The molecule has 0 aliphatic rings. The van der Waals surface area contributed by atoms with Gasteiger partial charge in [0.25, 0.3) is 0 Å². The van der Waals surface area contributed by atoms with E-state index in [1.807, 2.05) is 41.8 Å². The number of anilines is 2. The van der Waals surface area contributed by atoms with Crippen LogP contribution in [0.5, 0.6) is 11.5 Å². The van der Waals surface area contributed by atoms with Gasteiger partial charge in [0, 0.05) is 22.7 Å². The van der Waals surface area contributed by atoms with Gasteiger partial charge in [0.1, 0.15) is 0 Å². The number of nitrogens with zero attached hydrogens (tertiary/aromatic N) is 1. The third kappa shape index (κ3) is 4.03. The van der Waals surface area contributed by atoms with E-state index in [0.717, 1.165) is 22.1 Å². The first-order valence-electron chi connectivity index (χ1n) is 6.80. The van der Waals surface area contributed by atoms with Gasteiger partial charge in [0.2, 0.25) is 0 Å². The van der Waals surface area contributed by atoms with Crippen LogP contribution < -0.4 is 14.8 Å². The molecule has 1 heterocycles. The van der Waals surface area contributed by atoms with E-state index in [4.69, 9.17) is 9.47 Å². The number of hydrogen-bond donors (Lipinski definition) is 1. The Balaban J connectivity index is 0.00000192. The van der Waals surface area contributed by atoms with Crippen molar-refractivity contribution in [2.24, 2.45) is 0 Å². The molecule has 6 heteroatoms. The first-order chi connectivity index (χ1) is 10.8. The standard InChI is InChI=1S/C17H16N2O2S.BrH/c1-20-15-9-8-13(10-16(15)21-2)18-17-19-14(11-22-17)12-6-4-3-5-7-12;/h3-11H,1-2H3,(H,18,19);1H. The van der Waals surface area contributed by atoms with Crippen molar-refractivity contribution >= 4 is 39.1 Å². The summed E-state index contributed by atoms with van der Waals surface area (Å²) >= 11 is 1.57. The normalized spacial score (nSPS) is 9.83. The molecule has 1 aromatic heterocycles. The van der Waals surface area contributed by atoms with Gasteiger partial charge in [0.15, 0.2) is 16.6 Å². The Morgan fingerprint density at radius 3 is 2.39 bits per heavy atom. The molecule has 0 aliphatic carbocycles. The molecule has 23 heavy (non-hydrogen) atoms. The van der Waals surface area contributed by atoms with Crippen LogP contribution in [0, 0.1) is 0 Å². The molecule has 0 atom stereocenters. The molecule has 0 unspecified atom stereocenters. The largest absolute Gasteiger partial charge is 0.493 e. The fourth-order valence-corrected chi connectivity index (χ4v) is 2.85.